The molecule has 0 saturated heterocycles. The van der Waals surface area contributed by atoms with E-state index in [1.807, 2.05) is 0 Å². The van der Waals surface area contributed by atoms with Crippen LogP contribution in [-0.4, -0.2) is 11.7 Å². The summed E-state index contributed by atoms with van der Waals surface area (Å²) < 4.78 is 0. The van der Waals surface area contributed by atoms with Crippen LogP contribution in [0.3, 0.4) is 0 Å². The standard InChI is InChI=1S/C3H4ClN2/c4-3-1-2-5-6-3/h1-2H2. The third-order valence-corrected chi connectivity index (χ3v) is 0.862. The van der Waals surface area contributed by atoms with Crippen LogP contribution in [-0.2, 0) is 0 Å². The highest BCUT2D eigenvalue weighted by Gasteiger charge is 2.00. The Morgan fingerprint density at radius 3 is 2.67 bits per heavy atom. The smallest absolute Gasteiger partial charge is 0.130 e. The van der Waals surface area contributed by atoms with Crippen LogP contribution in [0.15, 0.2) is 5.10 Å². The van der Waals surface area contributed by atoms with Crippen LogP contribution in [0.2, 0.25) is 0 Å². The van der Waals surface area contributed by atoms with Crippen LogP contribution < -0.4 is 5.43 Å². The second kappa shape index (κ2) is 1.47. The summed E-state index contributed by atoms with van der Waals surface area (Å²) in [5.74, 6) is 0. The number of rotatable bonds is 0. The van der Waals surface area contributed by atoms with E-state index in [0.717, 1.165) is 13.0 Å². The molecule has 3 heteroatoms. The molecule has 1 aliphatic rings. The molecule has 0 aromatic heterocycles. The maximum absolute atomic E-state index is 5.37. The second-order valence-electron chi connectivity index (χ2n) is 1.09. The molecule has 0 amide bonds. The van der Waals surface area contributed by atoms with Gasteiger partial charge in [-0.15, -0.1) is 5.10 Å². The molecule has 1 heterocycles. The minimum absolute atomic E-state index is 0.634. The first-order valence-corrected chi connectivity index (χ1v) is 2.16. The van der Waals surface area contributed by atoms with E-state index in [1.165, 1.54) is 0 Å². The van der Waals surface area contributed by atoms with Crippen molar-refractivity contribution in [3.63, 3.8) is 0 Å². The lowest BCUT2D eigenvalue weighted by atomic mass is 10.5. The topological polar surface area (TPSA) is 26.5 Å². The Morgan fingerprint density at radius 1 is 1.67 bits per heavy atom. The summed E-state index contributed by atoms with van der Waals surface area (Å²) in [6.07, 6.45) is 0.835. The van der Waals surface area contributed by atoms with Gasteiger partial charge in [0.2, 0.25) is 0 Å². The average molecular weight is 104 g/mol. The zero-order valence-corrected chi connectivity index (χ0v) is 3.94. The third kappa shape index (κ3) is 0.627. The first-order valence-electron chi connectivity index (χ1n) is 1.78. The molecule has 0 bridgehead atoms. The fourth-order valence-electron chi connectivity index (χ4n) is 0.319. The molecule has 33 valence electrons. The highest BCUT2D eigenvalue weighted by Crippen LogP contribution is 1.96. The molecular formula is C3H4ClN2. The van der Waals surface area contributed by atoms with Gasteiger partial charge < -0.3 is 0 Å². The minimum Gasteiger partial charge on any atom is -0.188 e. The van der Waals surface area contributed by atoms with E-state index in [2.05, 4.69) is 10.5 Å². The molecule has 0 aromatic carbocycles. The monoisotopic (exact) mass is 103 g/mol. The van der Waals surface area contributed by atoms with Gasteiger partial charge in [-0.3, -0.25) is 0 Å². The Balaban J connectivity index is 2.45. The van der Waals surface area contributed by atoms with Crippen molar-refractivity contribution >= 4 is 16.8 Å². The van der Waals surface area contributed by atoms with Gasteiger partial charge in [0.25, 0.3) is 0 Å². The Labute approximate surface area is 41.2 Å². The summed E-state index contributed by atoms with van der Waals surface area (Å²) in [7, 11) is 0. The van der Waals surface area contributed by atoms with E-state index in [9.17, 15) is 0 Å². The first-order chi connectivity index (χ1) is 2.89. The molecule has 0 atom stereocenters. The zero-order valence-electron chi connectivity index (χ0n) is 3.19. The van der Waals surface area contributed by atoms with Crippen LogP contribution >= 0.6 is 11.6 Å². The summed E-state index contributed by atoms with van der Waals surface area (Å²) in [6.45, 7) is 0.777. The van der Waals surface area contributed by atoms with E-state index < -0.39 is 0 Å². The van der Waals surface area contributed by atoms with Gasteiger partial charge in [-0.2, -0.15) is 5.43 Å². The van der Waals surface area contributed by atoms with Crippen LogP contribution in [0.25, 0.3) is 0 Å². The van der Waals surface area contributed by atoms with Crippen molar-refractivity contribution in [2.75, 3.05) is 6.54 Å². The van der Waals surface area contributed by atoms with Gasteiger partial charge in [0.05, 0.1) is 6.54 Å². The van der Waals surface area contributed by atoms with E-state index in [-0.39, 0.29) is 0 Å². The molecule has 1 radical (unpaired) electrons. The highest BCUT2D eigenvalue weighted by molar-refractivity contribution is 6.65. The van der Waals surface area contributed by atoms with E-state index in [4.69, 9.17) is 11.6 Å². The number of halogens is 1. The summed E-state index contributed by atoms with van der Waals surface area (Å²) in [6, 6.07) is 0. The normalized spacial score (nSPS) is 19.8. The summed E-state index contributed by atoms with van der Waals surface area (Å²) in [4.78, 5) is 0. The highest BCUT2D eigenvalue weighted by atomic mass is 35.5. The zero-order chi connectivity index (χ0) is 4.41. The van der Waals surface area contributed by atoms with Gasteiger partial charge in [0.15, 0.2) is 0 Å². The van der Waals surface area contributed by atoms with E-state index in [1.54, 1.807) is 0 Å². The minimum atomic E-state index is 0.634. The molecule has 0 fully saturated rings. The van der Waals surface area contributed by atoms with Crippen LogP contribution in [0.4, 0.5) is 0 Å². The lowest BCUT2D eigenvalue weighted by Crippen LogP contribution is -1.86. The maximum Gasteiger partial charge on any atom is 0.130 e. The summed E-state index contributed by atoms with van der Waals surface area (Å²) in [5, 5.41) is 4.18. The Morgan fingerprint density at radius 2 is 2.50 bits per heavy atom. The van der Waals surface area contributed by atoms with Gasteiger partial charge in [-0.25, -0.2) is 0 Å². The molecule has 1 aliphatic heterocycles. The van der Waals surface area contributed by atoms with Crippen LogP contribution in [0.1, 0.15) is 6.42 Å². The van der Waals surface area contributed by atoms with E-state index >= 15 is 0 Å². The quantitative estimate of drug-likeness (QED) is 0.428. The maximum atomic E-state index is 5.37. The Hall–Kier alpha value is -0.240. The van der Waals surface area contributed by atoms with Gasteiger partial charge in [0.1, 0.15) is 5.17 Å². The lowest BCUT2D eigenvalue weighted by molar-refractivity contribution is 0.795. The van der Waals surface area contributed by atoms with Gasteiger partial charge >= 0.3 is 0 Å². The van der Waals surface area contributed by atoms with Crippen molar-refractivity contribution in [3.05, 3.63) is 0 Å². The largest absolute Gasteiger partial charge is 0.188 e. The average Bonchev–Trinajstić information content (AvgIpc) is 1.86. The molecule has 0 saturated carbocycles. The molecular weight excluding hydrogens is 99.5 g/mol. The third-order valence-electron chi connectivity index (χ3n) is 0.597. The number of hydrogen-bond acceptors (Lipinski definition) is 1. The van der Waals surface area contributed by atoms with Crippen molar-refractivity contribution in [1.82, 2.24) is 5.43 Å². The molecule has 0 aromatic rings. The first kappa shape index (κ1) is 3.93. The molecule has 0 N–H and O–H groups in total. The summed E-state index contributed by atoms with van der Waals surface area (Å²) >= 11 is 5.37. The van der Waals surface area contributed by atoms with Crippen molar-refractivity contribution in [2.24, 2.45) is 5.10 Å². The van der Waals surface area contributed by atoms with Crippen LogP contribution in [0, 0.1) is 0 Å². The lowest BCUT2D eigenvalue weighted by Gasteiger charge is -1.70. The Bertz CT molecular complexity index is 78.9. The van der Waals surface area contributed by atoms with E-state index in [0.29, 0.717) is 5.17 Å². The van der Waals surface area contributed by atoms with Crippen molar-refractivity contribution in [2.45, 2.75) is 6.42 Å². The van der Waals surface area contributed by atoms with Gasteiger partial charge in [-0.05, 0) is 0 Å². The predicted molar refractivity (Wildman–Crippen MR) is 24.9 cm³/mol. The van der Waals surface area contributed by atoms with Crippen molar-refractivity contribution in [1.29, 1.82) is 0 Å². The number of nitrogens with zero attached hydrogens (tertiary/aromatic N) is 2. The van der Waals surface area contributed by atoms with Crippen molar-refractivity contribution < 1.29 is 0 Å². The molecule has 2 nitrogen and oxygen atoms in total. The molecule has 0 aliphatic carbocycles. The van der Waals surface area contributed by atoms with Crippen molar-refractivity contribution in [3.8, 4) is 0 Å². The fourth-order valence-corrected chi connectivity index (χ4v) is 0.457. The molecule has 1 rings (SSSR count). The Kier molecular flexibility index (Phi) is 0.965. The fraction of sp³-hybridized carbons (Fsp3) is 0.667. The van der Waals surface area contributed by atoms with Crippen LogP contribution in [0.5, 0.6) is 0 Å². The molecule has 6 heavy (non-hydrogen) atoms. The summed E-state index contributed by atoms with van der Waals surface area (Å²) in [5.41, 5.74) is 3.62. The SMILES string of the molecule is ClC1=N[N]CC1. The van der Waals surface area contributed by atoms with Gasteiger partial charge in [-0.1, -0.05) is 11.6 Å². The second-order valence-corrected chi connectivity index (χ2v) is 1.53. The van der Waals surface area contributed by atoms with Gasteiger partial charge in [0, 0.05) is 6.42 Å². The number of hydrogen-bond donors (Lipinski definition) is 0. The molecule has 0 spiro atoms. The molecule has 0 unspecified atom stereocenters. The predicted octanol–water partition coefficient (Wildman–Crippen LogP) is 0.547.